The van der Waals surface area contributed by atoms with Gasteiger partial charge < -0.3 is 24.0 Å². The molecule has 1 N–H and O–H groups in total. The molecule has 0 amide bonds. The molecule has 0 aliphatic carbocycles. The predicted molar refractivity (Wildman–Crippen MR) is 153 cm³/mol. The summed E-state index contributed by atoms with van der Waals surface area (Å²) in [4.78, 5) is 13.8. The van der Waals surface area contributed by atoms with Gasteiger partial charge in [-0.15, -0.1) is 0 Å². The van der Waals surface area contributed by atoms with E-state index in [1.165, 1.54) is 0 Å². The van der Waals surface area contributed by atoms with Crippen LogP contribution in [-0.2, 0) is 13.1 Å². The van der Waals surface area contributed by atoms with Crippen LogP contribution in [0.25, 0.3) is 0 Å². The number of aryl methyl sites for hydroxylation is 1. The van der Waals surface area contributed by atoms with E-state index in [9.17, 15) is 9.90 Å². The molecule has 9 heteroatoms. The second-order valence-corrected chi connectivity index (χ2v) is 9.36. The zero-order valence-corrected chi connectivity index (χ0v) is 22.5. The van der Waals surface area contributed by atoms with Gasteiger partial charge in [-0.2, -0.15) is 10.5 Å². The molecule has 42 heavy (non-hydrogen) atoms. The highest BCUT2D eigenvalue weighted by molar-refractivity contribution is 5.92. The van der Waals surface area contributed by atoms with Gasteiger partial charge in [-0.1, -0.05) is 29.4 Å². The molecule has 0 bridgehead atoms. The average molecular weight is 557 g/mol. The van der Waals surface area contributed by atoms with Gasteiger partial charge in [-0.25, -0.2) is 4.79 Å². The van der Waals surface area contributed by atoms with Crippen molar-refractivity contribution in [2.45, 2.75) is 20.0 Å². The summed E-state index contributed by atoms with van der Waals surface area (Å²) in [6.45, 7) is 2.44. The third-order valence-corrected chi connectivity index (χ3v) is 6.38. The topological polar surface area (TPSA) is 133 Å². The van der Waals surface area contributed by atoms with Crippen LogP contribution in [0.3, 0.4) is 0 Å². The molecule has 0 saturated carbocycles. The minimum atomic E-state index is -1.18. The summed E-state index contributed by atoms with van der Waals surface area (Å²) in [6.07, 6.45) is 0. The van der Waals surface area contributed by atoms with E-state index in [-0.39, 0.29) is 5.69 Å². The van der Waals surface area contributed by atoms with Crippen molar-refractivity contribution in [3.63, 3.8) is 0 Å². The lowest BCUT2D eigenvalue weighted by Gasteiger charge is -2.25. The average Bonchev–Trinajstić information content (AvgIpc) is 3.41. The Kier molecular flexibility index (Phi) is 8.13. The Bertz CT molecular complexity index is 1660. The maximum atomic E-state index is 11.9. The molecule has 0 unspecified atom stereocenters. The Labute approximate surface area is 242 Å². The summed E-state index contributed by atoms with van der Waals surface area (Å²) in [7, 11) is 0. The molecule has 0 fully saturated rings. The summed E-state index contributed by atoms with van der Waals surface area (Å²) < 4.78 is 17.0. The number of nitriles is 2. The third-order valence-electron chi connectivity index (χ3n) is 6.38. The number of aromatic nitrogens is 1. The van der Waals surface area contributed by atoms with Crippen molar-refractivity contribution < 1.29 is 23.9 Å². The first-order chi connectivity index (χ1) is 20.4. The van der Waals surface area contributed by atoms with Crippen LogP contribution in [0.15, 0.2) is 102 Å². The Balaban J connectivity index is 1.34. The Hall–Kier alpha value is -6.06. The molecule has 4 aromatic carbocycles. The maximum absolute atomic E-state index is 11.9. The minimum absolute atomic E-state index is 0.158. The van der Waals surface area contributed by atoms with Gasteiger partial charge in [0.2, 0.25) is 5.69 Å². The normalized spacial score (nSPS) is 10.4. The fraction of sp³-hybridized carbons (Fsp3) is 0.0909. The molecule has 206 valence electrons. The largest absolute Gasteiger partial charge is 0.476 e. The molecule has 0 atom stereocenters. The van der Waals surface area contributed by atoms with Crippen molar-refractivity contribution >= 4 is 11.7 Å². The van der Waals surface area contributed by atoms with Crippen LogP contribution < -0.4 is 14.4 Å². The fourth-order valence-electron chi connectivity index (χ4n) is 4.33. The molecule has 5 rings (SSSR count). The molecule has 1 aromatic heterocycles. The Morgan fingerprint density at radius 1 is 0.738 bits per heavy atom. The third kappa shape index (κ3) is 6.56. The zero-order valence-electron chi connectivity index (χ0n) is 22.5. The summed E-state index contributed by atoms with van der Waals surface area (Å²) in [5, 5.41) is 31.5. The minimum Gasteiger partial charge on any atom is -0.476 e. The van der Waals surface area contributed by atoms with Crippen molar-refractivity contribution in [2.75, 3.05) is 4.90 Å². The number of hydrogen-bond donors (Lipinski definition) is 1. The lowest BCUT2D eigenvalue weighted by molar-refractivity contribution is 0.0686. The van der Waals surface area contributed by atoms with E-state index in [0.29, 0.717) is 58.7 Å². The molecule has 0 spiro atoms. The second-order valence-electron chi connectivity index (χ2n) is 9.36. The molecular weight excluding hydrogens is 532 g/mol. The molecule has 1 heterocycles. The summed E-state index contributed by atoms with van der Waals surface area (Å²) in [6, 6.07) is 32.8. The van der Waals surface area contributed by atoms with Crippen LogP contribution in [0.1, 0.15) is 38.5 Å². The van der Waals surface area contributed by atoms with Crippen molar-refractivity contribution in [3.8, 4) is 35.1 Å². The molecule has 0 aliphatic rings. The Morgan fingerprint density at radius 2 is 1.12 bits per heavy atom. The fourth-order valence-corrected chi connectivity index (χ4v) is 4.33. The van der Waals surface area contributed by atoms with Crippen molar-refractivity contribution in [1.82, 2.24) is 5.16 Å². The van der Waals surface area contributed by atoms with Crippen LogP contribution in [0.4, 0.5) is 5.69 Å². The molecule has 0 radical (unpaired) electrons. The smallest absolute Gasteiger partial charge is 0.360 e. The van der Waals surface area contributed by atoms with Crippen molar-refractivity contribution in [1.29, 1.82) is 10.5 Å². The lowest BCUT2D eigenvalue weighted by atomic mass is 10.1. The molecule has 0 saturated heterocycles. The Morgan fingerprint density at radius 3 is 1.48 bits per heavy atom. The first kappa shape index (κ1) is 27.5. The first-order valence-electron chi connectivity index (χ1n) is 12.9. The van der Waals surface area contributed by atoms with Gasteiger partial charge in [0.05, 0.1) is 23.3 Å². The number of carboxylic acids is 1. The van der Waals surface area contributed by atoms with Gasteiger partial charge in [0.15, 0.2) is 5.76 Å². The maximum Gasteiger partial charge on any atom is 0.360 e. The monoisotopic (exact) mass is 556 g/mol. The number of carboxylic acid groups (broad SMARTS) is 1. The molecular formula is C33H24N4O5. The second kappa shape index (κ2) is 12.4. The zero-order chi connectivity index (χ0) is 29.5. The quantitative estimate of drug-likeness (QED) is 0.189. The van der Waals surface area contributed by atoms with Gasteiger partial charge in [-0.3, -0.25) is 0 Å². The van der Waals surface area contributed by atoms with Crippen LogP contribution in [0, 0.1) is 29.6 Å². The number of anilines is 1. The van der Waals surface area contributed by atoms with Crippen LogP contribution in [-0.4, -0.2) is 16.2 Å². The van der Waals surface area contributed by atoms with E-state index < -0.39 is 5.97 Å². The standard InChI is InChI=1S/C33H24N4O5/c1-22-32(31(33(38)39)36-42-22)37(20-25-6-14-29(15-7-25)40-27-10-2-23(18-34)3-11-27)21-26-8-16-30(17-9-26)41-28-12-4-24(19-35)5-13-28/h2-17H,20-21H2,1H3,(H,38,39). The van der Waals surface area contributed by atoms with Gasteiger partial charge in [-0.05, 0) is 90.8 Å². The molecule has 9 nitrogen and oxygen atoms in total. The number of carbonyl (C=O) groups is 1. The van der Waals surface area contributed by atoms with Gasteiger partial charge in [0.25, 0.3) is 0 Å². The molecule has 5 aromatic rings. The highest BCUT2D eigenvalue weighted by atomic mass is 16.5. The van der Waals surface area contributed by atoms with Crippen molar-refractivity contribution in [2.24, 2.45) is 0 Å². The van der Waals surface area contributed by atoms with E-state index in [1.807, 2.05) is 53.4 Å². The van der Waals surface area contributed by atoms with Gasteiger partial charge in [0, 0.05) is 13.1 Å². The number of aromatic carboxylic acids is 1. The summed E-state index contributed by atoms with van der Waals surface area (Å²) in [5.41, 5.74) is 3.18. The van der Waals surface area contributed by atoms with Crippen molar-refractivity contribution in [3.05, 3.63) is 131 Å². The number of ether oxygens (including phenoxy) is 2. The number of rotatable bonds is 10. The van der Waals surface area contributed by atoms with Crippen LogP contribution in [0.2, 0.25) is 0 Å². The summed E-state index contributed by atoms with van der Waals surface area (Å²) in [5.74, 6) is 1.70. The van der Waals surface area contributed by atoms with Gasteiger partial charge >= 0.3 is 5.97 Å². The summed E-state index contributed by atoms with van der Waals surface area (Å²) >= 11 is 0. The van der Waals surface area contributed by atoms with Crippen LogP contribution in [0.5, 0.6) is 23.0 Å². The van der Waals surface area contributed by atoms with E-state index in [1.54, 1.807) is 55.5 Å². The SMILES string of the molecule is Cc1onc(C(=O)O)c1N(Cc1ccc(Oc2ccc(C#N)cc2)cc1)Cc1ccc(Oc2ccc(C#N)cc2)cc1. The number of hydrogen-bond acceptors (Lipinski definition) is 8. The van der Waals surface area contributed by atoms with E-state index >= 15 is 0 Å². The number of benzene rings is 4. The van der Waals surface area contributed by atoms with Crippen LogP contribution >= 0.6 is 0 Å². The molecule has 0 aliphatic heterocycles. The first-order valence-corrected chi connectivity index (χ1v) is 12.9. The van der Waals surface area contributed by atoms with E-state index in [4.69, 9.17) is 24.5 Å². The van der Waals surface area contributed by atoms with E-state index in [2.05, 4.69) is 17.3 Å². The predicted octanol–water partition coefficient (Wildman–Crippen LogP) is 7.22. The van der Waals surface area contributed by atoms with Gasteiger partial charge in [0.1, 0.15) is 28.7 Å². The number of nitrogens with zero attached hydrogens (tertiary/aromatic N) is 4. The van der Waals surface area contributed by atoms with E-state index in [0.717, 1.165) is 11.1 Å². The highest BCUT2D eigenvalue weighted by Gasteiger charge is 2.25. The highest BCUT2D eigenvalue weighted by Crippen LogP contribution is 2.30. The lowest BCUT2D eigenvalue weighted by Crippen LogP contribution is -2.24.